The second-order valence-corrected chi connectivity index (χ2v) is 8.72. The van der Waals surface area contributed by atoms with Gasteiger partial charge >= 0.3 is 0 Å². The van der Waals surface area contributed by atoms with Gasteiger partial charge in [0.2, 0.25) is 0 Å². The standard InChI is InChI=1S/C13H25N3O3S/c14-12-7-15-4-1-13(12)16-5-2-10(3-6-16)20(17,18)11-8-19-9-11/h10-13,15H,1-9,14H2. The Morgan fingerprint density at radius 2 is 1.80 bits per heavy atom. The SMILES string of the molecule is NC1CNCCC1N1CCC(S(=O)(=O)C2COC2)CC1. The van der Waals surface area contributed by atoms with E-state index in [0.29, 0.717) is 19.3 Å². The zero-order chi connectivity index (χ0) is 14.2. The van der Waals surface area contributed by atoms with Crippen molar-refractivity contribution in [2.45, 2.75) is 41.8 Å². The summed E-state index contributed by atoms with van der Waals surface area (Å²) in [6, 6.07) is 0.573. The molecule has 0 aromatic rings. The van der Waals surface area contributed by atoms with Crippen molar-refractivity contribution in [2.75, 3.05) is 39.4 Å². The molecule has 0 bridgehead atoms. The third-order valence-corrected chi connectivity index (χ3v) is 7.58. The molecule has 0 aromatic heterocycles. The van der Waals surface area contributed by atoms with Crippen LogP contribution in [0.3, 0.4) is 0 Å². The molecule has 0 radical (unpaired) electrons. The van der Waals surface area contributed by atoms with Crippen LogP contribution < -0.4 is 11.1 Å². The molecule has 3 heterocycles. The number of nitrogens with one attached hydrogen (secondary N) is 1. The van der Waals surface area contributed by atoms with Gasteiger partial charge < -0.3 is 15.8 Å². The van der Waals surface area contributed by atoms with E-state index < -0.39 is 9.84 Å². The maximum Gasteiger partial charge on any atom is 0.160 e. The Morgan fingerprint density at radius 1 is 1.10 bits per heavy atom. The van der Waals surface area contributed by atoms with Crippen molar-refractivity contribution in [3.05, 3.63) is 0 Å². The highest BCUT2D eigenvalue weighted by molar-refractivity contribution is 7.92. The summed E-state index contributed by atoms with van der Waals surface area (Å²) in [6.07, 6.45) is 2.56. The first-order valence-electron chi connectivity index (χ1n) is 7.60. The fourth-order valence-electron chi connectivity index (χ4n) is 3.53. The molecule has 0 spiro atoms. The summed E-state index contributed by atoms with van der Waals surface area (Å²) in [6.45, 7) is 4.37. The normalized spacial score (nSPS) is 34.9. The number of sulfone groups is 1. The lowest BCUT2D eigenvalue weighted by molar-refractivity contribution is 0.0405. The molecule has 3 rings (SSSR count). The van der Waals surface area contributed by atoms with Crippen LogP contribution in [0.15, 0.2) is 0 Å². The van der Waals surface area contributed by atoms with E-state index in [4.69, 9.17) is 10.5 Å². The smallest absolute Gasteiger partial charge is 0.160 e. The van der Waals surface area contributed by atoms with Crippen LogP contribution in [0, 0.1) is 0 Å². The molecule has 2 atom stereocenters. The predicted molar refractivity (Wildman–Crippen MR) is 77.4 cm³/mol. The average Bonchev–Trinajstić information content (AvgIpc) is 2.37. The van der Waals surface area contributed by atoms with Crippen molar-refractivity contribution in [3.8, 4) is 0 Å². The summed E-state index contributed by atoms with van der Waals surface area (Å²) < 4.78 is 29.8. The van der Waals surface area contributed by atoms with Gasteiger partial charge in [-0.2, -0.15) is 0 Å². The van der Waals surface area contributed by atoms with Crippen LogP contribution in [0.1, 0.15) is 19.3 Å². The molecular formula is C13H25N3O3S. The highest BCUT2D eigenvalue weighted by Crippen LogP contribution is 2.27. The number of likely N-dealkylation sites (tertiary alicyclic amines) is 1. The number of nitrogens with zero attached hydrogens (tertiary/aromatic N) is 1. The van der Waals surface area contributed by atoms with E-state index in [2.05, 4.69) is 10.2 Å². The molecule has 6 nitrogen and oxygen atoms in total. The van der Waals surface area contributed by atoms with Crippen molar-refractivity contribution in [2.24, 2.45) is 5.73 Å². The maximum atomic E-state index is 12.4. The molecule has 2 unspecified atom stereocenters. The molecule has 0 amide bonds. The van der Waals surface area contributed by atoms with Gasteiger partial charge in [0.1, 0.15) is 5.25 Å². The summed E-state index contributed by atoms with van der Waals surface area (Å²) >= 11 is 0. The van der Waals surface area contributed by atoms with Crippen LogP contribution in [-0.4, -0.2) is 75.3 Å². The van der Waals surface area contributed by atoms with Gasteiger partial charge in [0.25, 0.3) is 0 Å². The summed E-state index contributed by atoms with van der Waals surface area (Å²) in [4.78, 5) is 2.40. The lowest BCUT2D eigenvalue weighted by Crippen LogP contribution is -2.59. The van der Waals surface area contributed by atoms with Gasteiger partial charge in [0, 0.05) is 18.6 Å². The first-order chi connectivity index (χ1) is 9.59. The van der Waals surface area contributed by atoms with E-state index in [1.807, 2.05) is 0 Å². The quantitative estimate of drug-likeness (QED) is 0.692. The molecule has 3 saturated heterocycles. The van der Waals surface area contributed by atoms with Crippen molar-refractivity contribution in [1.29, 1.82) is 0 Å². The molecule has 3 N–H and O–H groups in total. The lowest BCUT2D eigenvalue weighted by atomic mass is 9.97. The number of ether oxygens (including phenoxy) is 1. The number of rotatable bonds is 3. The minimum absolute atomic E-state index is 0.164. The third-order valence-electron chi connectivity index (χ3n) is 4.97. The van der Waals surface area contributed by atoms with Crippen molar-refractivity contribution < 1.29 is 13.2 Å². The van der Waals surface area contributed by atoms with Crippen LogP contribution in [0.5, 0.6) is 0 Å². The number of hydrogen-bond acceptors (Lipinski definition) is 6. The minimum atomic E-state index is -2.99. The highest BCUT2D eigenvalue weighted by atomic mass is 32.2. The molecule has 0 aromatic carbocycles. The van der Waals surface area contributed by atoms with Gasteiger partial charge in [-0.05, 0) is 38.9 Å². The van der Waals surface area contributed by atoms with Gasteiger partial charge in [-0.3, -0.25) is 4.90 Å². The molecule has 3 fully saturated rings. The Kier molecular flexibility index (Phi) is 4.33. The maximum absolute atomic E-state index is 12.4. The molecular weight excluding hydrogens is 278 g/mol. The second-order valence-electron chi connectivity index (χ2n) is 6.21. The van der Waals surface area contributed by atoms with Crippen LogP contribution >= 0.6 is 0 Å². The fraction of sp³-hybridized carbons (Fsp3) is 1.00. The summed E-state index contributed by atoms with van der Waals surface area (Å²) in [5.74, 6) is 0. The van der Waals surface area contributed by atoms with Gasteiger partial charge in [-0.25, -0.2) is 8.42 Å². The minimum Gasteiger partial charge on any atom is -0.379 e. The van der Waals surface area contributed by atoms with Crippen molar-refractivity contribution in [1.82, 2.24) is 10.2 Å². The van der Waals surface area contributed by atoms with Gasteiger partial charge in [0.05, 0.1) is 18.5 Å². The van der Waals surface area contributed by atoms with Crippen LogP contribution in [0.25, 0.3) is 0 Å². The Bertz CT molecular complexity index is 430. The van der Waals surface area contributed by atoms with E-state index in [0.717, 1.165) is 45.4 Å². The van der Waals surface area contributed by atoms with E-state index in [-0.39, 0.29) is 16.5 Å². The zero-order valence-corrected chi connectivity index (χ0v) is 12.6. The number of nitrogens with two attached hydrogens (primary N) is 1. The number of piperidine rings is 2. The molecule has 3 aliphatic rings. The van der Waals surface area contributed by atoms with E-state index >= 15 is 0 Å². The zero-order valence-electron chi connectivity index (χ0n) is 11.8. The largest absolute Gasteiger partial charge is 0.379 e. The van der Waals surface area contributed by atoms with E-state index in [1.165, 1.54) is 0 Å². The molecule has 0 aliphatic carbocycles. The Hall–Kier alpha value is -0.210. The van der Waals surface area contributed by atoms with Crippen LogP contribution in [0.4, 0.5) is 0 Å². The molecule has 20 heavy (non-hydrogen) atoms. The first kappa shape index (κ1) is 14.7. The van der Waals surface area contributed by atoms with Crippen LogP contribution in [0.2, 0.25) is 0 Å². The van der Waals surface area contributed by atoms with Gasteiger partial charge in [0.15, 0.2) is 9.84 Å². The number of hydrogen-bond donors (Lipinski definition) is 2. The van der Waals surface area contributed by atoms with Gasteiger partial charge in [-0.1, -0.05) is 0 Å². The van der Waals surface area contributed by atoms with E-state index in [9.17, 15) is 8.42 Å². The molecule has 3 aliphatic heterocycles. The third kappa shape index (κ3) is 2.74. The van der Waals surface area contributed by atoms with Crippen molar-refractivity contribution in [3.63, 3.8) is 0 Å². The monoisotopic (exact) mass is 303 g/mol. The topological polar surface area (TPSA) is 84.7 Å². The second kappa shape index (κ2) is 5.88. The molecule has 116 valence electrons. The molecule has 7 heteroatoms. The van der Waals surface area contributed by atoms with Crippen LogP contribution in [-0.2, 0) is 14.6 Å². The first-order valence-corrected chi connectivity index (χ1v) is 9.21. The molecule has 0 saturated carbocycles. The Morgan fingerprint density at radius 3 is 2.35 bits per heavy atom. The highest BCUT2D eigenvalue weighted by Gasteiger charge is 2.41. The van der Waals surface area contributed by atoms with Crippen molar-refractivity contribution >= 4 is 9.84 Å². The summed E-state index contributed by atoms with van der Waals surface area (Å²) in [5.41, 5.74) is 6.17. The lowest BCUT2D eigenvalue weighted by Gasteiger charge is -2.43. The Labute approximate surface area is 120 Å². The average molecular weight is 303 g/mol. The predicted octanol–water partition coefficient (Wildman–Crippen LogP) is -1.05. The van der Waals surface area contributed by atoms with Gasteiger partial charge in [-0.15, -0.1) is 0 Å². The van der Waals surface area contributed by atoms with E-state index in [1.54, 1.807) is 0 Å². The summed E-state index contributed by atoms with van der Waals surface area (Å²) in [5, 5.41) is 2.88. The summed E-state index contributed by atoms with van der Waals surface area (Å²) in [7, 11) is -2.99. The Balaban J connectivity index is 1.56. The fourth-order valence-corrected chi connectivity index (χ4v) is 5.52.